The third-order valence-electron chi connectivity index (χ3n) is 4.18. The number of alkyl halides is 3. The lowest BCUT2D eigenvalue weighted by Crippen LogP contribution is -2.48. The molecule has 0 spiro atoms. The van der Waals surface area contributed by atoms with Crippen molar-refractivity contribution in [2.45, 2.75) is 57.5 Å². The number of carbonyl (C=O) groups excluding carboxylic acids is 1. The molecule has 0 aromatic heterocycles. The number of hydrogen-bond acceptors (Lipinski definition) is 3. The third-order valence-corrected chi connectivity index (χ3v) is 4.18. The molecule has 3 rings (SSSR count). The van der Waals surface area contributed by atoms with Gasteiger partial charge in [-0.15, -0.1) is 0 Å². The first-order valence-electron chi connectivity index (χ1n) is 7.92. The van der Waals surface area contributed by atoms with Crippen LogP contribution in [0.15, 0.2) is 18.2 Å². The minimum absolute atomic E-state index is 0.176. The number of likely N-dealkylation sites (tertiary alicyclic amines) is 1. The van der Waals surface area contributed by atoms with E-state index in [-0.39, 0.29) is 17.9 Å². The highest BCUT2D eigenvalue weighted by molar-refractivity contribution is 5.69. The fourth-order valence-electron chi connectivity index (χ4n) is 3.14. The van der Waals surface area contributed by atoms with Crippen molar-refractivity contribution in [3.8, 4) is 5.75 Å². The summed E-state index contributed by atoms with van der Waals surface area (Å²) in [4.78, 5) is 14.0. The van der Waals surface area contributed by atoms with Crippen LogP contribution in [0.25, 0.3) is 0 Å². The van der Waals surface area contributed by atoms with Crippen molar-refractivity contribution in [2.24, 2.45) is 0 Å². The quantitative estimate of drug-likeness (QED) is 0.694. The van der Waals surface area contributed by atoms with Gasteiger partial charge in [-0.05, 0) is 32.9 Å². The van der Waals surface area contributed by atoms with E-state index in [0.717, 1.165) is 12.1 Å². The zero-order valence-corrected chi connectivity index (χ0v) is 13.8. The summed E-state index contributed by atoms with van der Waals surface area (Å²) in [5.41, 5.74) is -0.767. The van der Waals surface area contributed by atoms with Crippen LogP contribution in [0.5, 0.6) is 5.75 Å². The molecule has 1 fully saturated rings. The maximum absolute atomic E-state index is 12.9. The Morgan fingerprint density at radius 3 is 2.62 bits per heavy atom. The lowest BCUT2D eigenvalue weighted by molar-refractivity contribution is -0.137. The summed E-state index contributed by atoms with van der Waals surface area (Å²) in [6.07, 6.45) is -3.90. The predicted octanol–water partition coefficient (Wildman–Crippen LogP) is 4.54. The smallest absolute Gasteiger partial charge is 0.416 e. The number of ether oxygens (including phenoxy) is 2. The molecule has 2 atom stereocenters. The molecule has 2 heterocycles. The topological polar surface area (TPSA) is 38.8 Å². The van der Waals surface area contributed by atoms with Crippen LogP contribution in [0.1, 0.15) is 50.8 Å². The van der Waals surface area contributed by atoms with Gasteiger partial charge in [0.05, 0.1) is 11.6 Å². The molecule has 0 N–H and O–H groups in total. The number of hydrogen-bond donors (Lipinski definition) is 0. The SMILES string of the molecule is CC(C)(C)OC(=O)N1CC[C@H]2C[C@@H]1c1ccc(C(F)(F)F)cc1O2. The van der Waals surface area contributed by atoms with Crippen LogP contribution in [0.4, 0.5) is 18.0 Å². The van der Waals surface area contributed by atoms with Gasteiger partial charge in [0.2, 0.25) is 0 Å². The minimum atomic E-state index is -4.42. The monoisotopic (exact) mass is 343 g/mol. The van der Waals surface area contributed by atoms with Gasteiger partial charge in [-0.25, -0.2) is 4.79 Å². The Morgan fingerprint density at radius 2 is 2.00 bits per heavy atom. The van der Waals surface area contributed by atoms with Crippen LogP contribution in [0.2, 0.25) is 0 Å². The summed E-state index contributed by atoms with van der Waals surface area (Å²) >= 11 is 0. The first-order valence-corrected chi connectivity index (χ1v) is 7.92. The molecular weight excluding hydrogens is 323 g/mol. The summed E-state index contributed by atoms with van der Waals surface area (Å²) in [5, 5.41) is 0. The van der Waals surface area contributed by atoms with E-state index >= 15 is 0 Å². The van der Waals surface area contributed by atoms with Crippen molar-refractivity contribution < 1.29 is 27.4 Å². The molecule has 1 aromatic rings. The number of rotatable bonds is 0. The Hall–Kier alpha value is -1.92. The summed E-state index contributed by atoms with van der Waals surface area (Å²) in [5.74, 6) is 0.208. The summed E-state index contributed by atoms with van der Waals surface area (Å²) in [7, 11) is 0. The van der Waals surface area contributed by atoms with E-state index in [4.69, 9.17) is 9.47 Å². The molecule has 1 saturated heterocycles. The highest BCUT2D eigenvalue weighted by Gasteiger charge is 2.41. The van der Waals surface area contributed by atoms with Gasteiger partial charge in [-0.2, -0.15) is 13.2 Å². The maximum atomic E-state index is 12.9. The molecule has 4 nitrogen and oxygen atoms in total. The number of halogens is 3. The van der Waals surface area contributed by atoms with Gasteiger partial charge in [-0.1, -0.05) is 6.07 Å². The molecule has 24 heavy (non-hydrogen) atoms. The van der Waals surface area contributed by atoms with Crippen molar-refractivity contribution in [3.63, 3.8) is 0 Å². The number of amides is 1. The van der Waals surface area contributed by atoms with Gasteiger partial charge in [0.25, 0.3) is 0 Å². The Balaban J connectivity index is 1.91. The summed E-state index contributed by atoms with van der Waals surface area (Å²) in [6, 6.07) is 3.14. The van der Waals surface area contributed by atoms with Crippen LogP contribution < -0.4 is 4.74 Å². The second-order valence-corrected chi connectivity index (χ2v) is 7.20. The van der Waals surface area contributed by atoms with Crippen molar-refractivity contribution in [3.05, 3.63) is 29.3 Å². The molecule has 0 radical (unpaired) electrons. The molecule has 2 aliphatic rings. The lowest BCUT2D eigenvalue weighted by Gasteiger charge is -2.44. The van der Waals surface area contributed by atoms with Gasteiger partial charge >= 0.3 is 12.3 Å². The first kappa shape index (κ1) is 16.9. The van der Waals surface area contributed by atoms with E-state index in [0.29, 0.717) is 24.9 Å². The van der Waals surface area contributed by atoms with Crippen molar-refractivity contribution in [1.82, 2.24) is 4.90 Å². The average Bonchev–Trinajstić information content (AvgIpc) is 2.44. The fourth-order valence-corrected chi connectivity index (χ4v) is 3.14. The first-order chi connectivity index (χ1) is 11.0. The van der Waals surface area contributed by atoms with E-state index in [1.54, 1.807) is 25.7 Å². The molecule has 0 saturated carbocycles. The Labute approximate surface area is 138 Å². The zero-order chi connectivity index (χ0) is 17.7. The second kappa shape index (κ2) is 5.57. The van der Waals surface area contributed by atoms with Crippen molar-refractivity contribution in [2.75, 3.05) is 6.54 Å². The van der Waals surface area contributed by atoms with E-state index < -0.39 is 23.4 Å². The van der Waals surface area contributed by atoms with E-state index in [9.17, 15) is 18.0 Å². The number of piperidine rings is 1. The molecule has 0 aliphatic carbocycles. The van der Waals surface area contributed by atoms with Crippen LogP contribution in [-0.4, -0.2) is 29.2 Å². The van der Waals surface area contributed by atoms with Crippen LogP contribution in [0.3, 0.4) is 0 Å². The van der Waals surface area contributed by atoms with Crippen molar-refractivity contribution in [1.29, 1.82) is 0 Å². The van der Waals surface area contributed by atoms with Gasteiger partial charge in [0.1, 0.15) is 17.5 Å². The summed E-state index contributed by atoms with van der Waals surface area (Å²) in [6.45, 7) is 5.81. The van der Waals surface area contributed by atoms with E-state index in [1.165, 1.54) is 6.07 Å². The normalized spacial score (nSPS) is 23.3. The third kappa shape index (κ3) is 3.30. The zero-order valence-electron chi connectivity index (χ0n) is 13.8. The molecular formula is C17H20F3NO3. The average molecular weight is 343 g/mol. The molecule has 132 valence electrons. The van der Waals surface area contributed by atoms with Gasteiger partial charge in [0, 0.05) is 24.9 Å². The summed E-state index contributed by atoms with van der Waals surface area (Å²) < 4.78 is 49.8. The fraction of sp³-hybridized carbons (Fsp3) is 0.588. The number of benzene rings is 1. The van der Waals surface area contributed by atoms with E-state index in [2.05, 4.69) is 0 Å². The Bertz CT molecular complexity index is 651. The molecule has 0 unspecified atom stereocenters. The Morgan fingerprint density at radius 1 is 1.29 bits per heavy atom. The highest BCUT2D eigenvalue weighted by Crippen LogP contribution is 2.44. The van der Waals surface area contributed by atoms with Crippen molar-refractivity contribution >= 4 is 6.09 Å². The number of fused-ring (bicyclic) bond motifs is 4. The predicted molar refractivity (Wildman–Crippen MR) is 80.8 cm³/mol. The Kier molecular flexibility index (Phi) is 3.92. The van der Waals surface area contributed by atoms with Crippen LogP contribution >= 0.6 is 0 Å². The lowest BCUT2D eigenvalue weighted by atomic mass is 9.89. The van der Waals surface area contributed by atoms with E-state index in [1.807, 2.05) is 0 Å². The molecule has 7 heteroatoms. The molecule has 2 aliphatic heterocycles. The number of carbonyl (C=O) groups is 1. The number of nitrogens with zero attached hydrogens (tertiary/aromatic N) is 1. The van der Waals surface area contributed by atoms with Crippen LogP contribution in [0, 0.1) is 0 Å². The molecule has 1 aromatic carbocycles. The van der Waals surface area contributed by atoms with Gasteiger partial charge < -0.3 is 14.4 Å². The standard InChI is InChI=1S/C17H20F3NO3/c1-16(2,3)24-15(22)21-7-6-11-9-13(21)12-5-4-10(17(18,19)20)8-14(12)23-11/h4-5,8,11,13H,6-7,9H2,1-3H3/t11-,13+/m0/s1. The highest BCUT2D eigenvalue weighted by atomic mass is 19.4. The van der Waals surface area contributed by atoms with Crippen LogP contribution in [-0.2, 0) is 10.9 Å². The largest absolute Gasteiger partial charge is 0.490 e. The maximum Gasteiger partial charge on any atom is 0.416 e. The second-order valence-electron chi connectivity index (χ2n) is 7.20. The van der Waals surface area contributed by atoms with Gasteiger partial charge in [-0.3, -0.25) is 0 Å². The van der Waals surface area contributed by atoms with Gasteiger partial charge in [0.15, 0.2) is 0 Å². The molecule has 1 amide bonds. The molecule has 2 bridgehead atoms. The minimum Gasteiger partial charge on any atom is -0.490 e.